The van der Waals surface area contributed by atoms with Crippen LogP contribution in [0.1, 0.15) is 19.0 Å². The molecule has 0 aliphatic heterocycles. The molecule has 7 nitrogen and oxygen atoms in total. The van der Waals surface area contributed by atoms with Crippen LogP contribution < -0.4 is 5.32 Å². The quantitative estimate of drug-likeness (QED) is 0.723. The number of benzene rings is 1. The van der Waals surface area contributed by atoms with Crippen molar-refractivity contribution in [3.05, 3.63) is 30.0 Å². The van der Waals surface area contributed by atoms with Gasteiger partial charge in [0.05, 0.1) is 18.4 Å². The van der Waals surface area contributed by atoms with Gasteiger partial charge in [0, 0.05) is 11.9 Å². The maximum atomic E-state index is 11.8. The molecule has 2 aromatic rings. The summed E-state index contributed by atoms with van der Waals surface area (Å²) in [6.07, 6.45) is -0.444. The normalized spacial score (nSPS) is 13.8. The predicted octanol–water partition coefficient (Wildman–Crippen LogP) is 0.712. The molecule has 1 aromatic heterocycles. The number of carboxylic acids is 1. The number of hydrogen-bond donors (Lipinski definition) is 3. The topological polar surface area (TPSA) is 113 Å². The molecule has 0 saturated heterocycles. The minimum absolute atomic E-state index is 0.000163. The van der Waals surface area contributed by atoms with Gasteiger partial charge in [-0.2, -0.15) is 0 Å². The third kappa shape index (κ3) is 4.03. The average molecular weight is 292 g/mol. The van der Waals surface area contributed by atoms with Crippen molar-refractivity contribution in [3.63, 3.8) is 0 Å². The summed E-state index contributed by atoms with van der Waals surface area (Å²) in [4.78, 5) is 22.4. The van der Waals surface area contributed by atoms with Crippen LogP contribution in [0.4, 0.5) is 0 Å². The number of aliphatic hydroxyl groups is 1. The molecule has 0 aliphatic rings. The Hall–Kier alpha value is -2.41. The molecule has 3 N–H and O–H groups in total. The standard InChI is InChI=1S/C14H16N2O5/c1-14(20,7-13(18)19)8-15-12(17)6-10-9-4-2-3-5-11(9)21-16-10/h2-5,20H,6-8H2,1H3,(H,15,17)(H,18,19). The van der Waals surface area contributed by atoms with Crippen LogP contribution in [0.3, 0.4) is 0 Å². The number of aliphatic carboxylic acids is 1. The van der Waals surface area contributed by atoms with Crippen molar-refractivity contribution >= 4 is 22.8 Å². The summed E-state index contributed by atoms with van der Waals surface area (Å²) in [6.45, 7) is 1.21. The van der Waals surface area contributed by atoms with Crippen LogP contribution in [0.15, 0.2) is 28.8 Å². The number of carboxylic acid groups (broad SMARTS) is 1. The molecule has 7 heteroatoms. The Morgan fingerprint density at radius 2 is 2.10 bits per heavy atom. The van der Waals surface area contributed by atoms with Crippen LogP contribution in [0.2, 0.25) is 0 Å². The smallest absolute Gasteiger partial charge is 0.306 e. The third-order valence-electron chi connectivity index (χ3n) is 2.98. The predicted molar refractivity (Wildman–Crippen MR) is 73.6 cm³/mol. The summed E-state index contributed by atoms with van der Waals surface area (Å²) in [5.41, 5.74) is -0.396. The number of nitrogens with zero attached hydrogens (tertiary/aromatic N) is 1. The lowest BCUT2D eigenvalue weighted by molar-refractivity contribution is -0.142. The van der Waals surface area contributed by atoms with Gasteiger partial charge in [0.25, 0.3) is 0 Å². The minimum Gasteiger partial charge on any atom is -0.481 e. The fraction of sp³-hybridized carbons (Fsp3) is 0.357. The number of fused-ring (bicyclic) bond motifs is 1. The zero-order valence-corrected chi connectivity index (χ0v) is 11.5. The second kappa shape index (κ2) is 5.92. The Kier molecular flexibility index (Phi) is 4.23. The van der Waals surface area contributed by atoms with Crippen molar-refractivity contribution in [2.24, 2.45) is 0 Å². The molecule has 1 unspecified atom stereocenters. The van der Waals surface area contributed by atoms with E-state index in [1.165, 1.54) is 6.92 Å². The van der Waals surface area contributed by atoms with E-state index in [1.807, 2.05) is 6.07 Å². The van der Waals surface area contributed by atoms with Crippen molar-refractivity contribution in [1.82, 2.24) is 10.5 Å². The maximum absolute atomic E-state index is 11.8. The van der Waals surface area contributed by atoms with Gasteiger partial charge in [-0.15, -0.1) is 0 Å². The number of carbonyl (C=O) groups is 2. The molecule has 0 spiro atoms. The highest BCUT2D eigenvalue weighted by Gasteiger charge is 2.25. The number of nitrogens with one attached hydrogen (secondary N) is 1. The molecule has 0 radical (unpaired) electrons. The van der Waals surface area contributed by atoms with E-state index in [1.54, 1.807) is 18.2 Å². The van der Waals surface area contributed by atoms with E-state index >= 15 is 0 Å². The molecule has 0 saturated carbocycles. The number of hydrogen-bond acceptors (Lipinski definition) is 5. The van der Waals surface area contributed by atoms with E-state index in [0.29, 0.717) is 11.3 Å². The Morgan fingerprint density at radius 1 is 1.38 bits per heavy atom. The molecule has 0 fully saturated rings. The Bertz CT molecular complexity index is 662. The lowest BCUT2D eigenvalue weighted by Crippen LogP contribution is -2.42. The van der Waals surface area contributed by atoms with E-state index in [-0.39, 0.29) is 18.9 Å². The number of rotatable bonds is 6. The first-order valence-electron chi connectivity index (χ1n) is 6.41. The Labute approximate surface area is 120 Å². The number of para-hydroxylation sites is 1. The second-order valence-corrected chi connectivity index (χ2v) is 5.15. The second-order valence-electron chi connectivity index (χ2n) is 5.15. The zero-order valence-electron chi connectivity index (χ0n) is 11.5. The fourth-order valence-electron chi connectivity index (χ4n) is 1.96. The summed E-state index contributed by atoms with van der Waals surface area (Å²) < 4.78 is 5.09. The molecule has 1 heterocycles. The van der Waals surface area contributed by atoms with Crippen molar-refractivity contribution in [2.45, 2.75) is 25.4 Å². The largest absolute Gasteiger partial charge is 0.481 e. The molecular formula is C14H16N2O5. The first-order chi connectivity index (χ1) is 9.87. The van der Waals surface area contributed by atoms with Crippen molar-refractivity contribution < 1.29 is 24.3 Å². The number of aromatic nitrogens is 1. The van der Waals surface area contributed by atoms with Crippen LogP contribution >= 0.6 is 0 Å². The number of amides is 1. The molecule has 0 aliphatic carbocycles. The van der Waals surface area contributed by atoms with Crippen molar-refractivity contribution in [3.8, 4) is 0 Å². The summed E-state index contributed by atoms with van der Waals surface area (Å²) >= 11 is 0. The highest BCUT2D eigenvalue weighted by molar-refractivity contribution is 5.86. The molecule has 0 bridgehead atoms. The monoisotopic (exact) mass is 292 g/mol. The molecule has 1 aromatic carbocycles. The molecular weight excluding hydrogens is 276 g/mol. The zero-order chi connectivity index (χ0) is 15.5. The van der Waals surface area contributed by atoms with E-state index in [2.05, 4.69) is 10.5 Å². The lowest BCUT2D eigenvalue weighted by Gasteiger charge is -2.21. The number of carbonyl (C=O) groups excluding carboxylic acids is 1. The van der Waals surface area contributed by atoms with Crippen LogP contribution in [0.25, 0.3) is 11.0 Å². The van der Waals surface area contributed by atoms with E-state index in [0.717, 1.165) is 5.39 Å². The van der Waals surface area contributed by atoms with E-state index in [9.17, 15) is 14.7 Å². The van der Waals surface area contributed by atoms with Crippen LogP contribution in [-0.4, -0.2) is 39.4 Å². The van der Waals surface area contributed by atoms with Gasteiger partial charge in [0.1, 0.15) is 5.69 Å². The van der Waals surface area contributed by atoms with Crippen molar-refractivity contribution in [1.29, 1.82) is 0 Å². The minimum atomic E-state index is -1.49. The third-order valence-corrected chi connectivity index (χ3v) is 2.98. The van der Waals surface area contributed by atoms with Gasteiger partial charge in [-0.1, -0.05) is 17.3 Å². The van der Waals surface area contributed by atoms with Gasteiger partial charge >= 0.3 is 5.97 Å². The van der Waals surface area contributed by atoms with E-state index in [4.69, 9.17) is 9.63 Å². The van der Waals surface area contributed by atoms with E-state index < -0.39 is 18.0 Å². The molecule has 1 amide bonds. The summed E-state index contributed by atoms with van der Waals surface area (Å²) in [6, 6.07) is 7.18. The highest BCUT2D eigenvalue weighted by Crippen LogP contribution is 2.18. The first kappa shape index (κ1) is 15.0. The van der Waals surface area contributed by atoms with Crippen LogP contribution in [-0.2, 0) is 16.0 Å². The van der Waals surface area contributed by atoms with Gasteiger partial charge in [-0.3, -0.25) is 9.59 Å². The molecule has 21 heavy (non-hydrogen) atoms. The van der Waals surface area contributed by atoms with Gasteiger partial charge in [0.15, 0.2) is 5.58 Å². The van der Waals surface area contributed by atoms with Gasteiger partial charge < -0.3 is 20.1 Å². The van der Waals surface area contributed by atoms with Gasteiger partial charge in [-0.25, -0.2) is 0 Å². The van der Waals surface area contributed by atoms with Crippen LogP contribution in [0, 0.1) is 0 Å². The summed E-state index contributed by atoms with van der Waals surface area (Å²) in [5, 5.41) is 25.5. The molecule has 112 valence electrons. The lowest BCUT2D eigenvalue weighted by atomic mass is 10.0. The fourth-order valence-corrected chi connectivity index (χ4v) is 1.96. The maximum Gasteiger partial charge on any atom is 0.306 e. The average Bonchev–Trinajstić information content (AvgIpc) is 2.79. The Morgan fingerprint density at radius 3 is 2.81 bits per heavy atom. The molecule has 1 atom stereocenters. The summed E-state index contributed by atoms with van der Waals surface area (Å²) in [5.74, 6) is -1.49. The van der Waals surface area contributed by atoms with Crippen LogP contribution in [0.5, 0.6) is 0 Å². The Balaban J connectivity index is 1.95. The van der Waals surface area contributed by atoms with Crippen molar-refractivity contribution in [2.75, 3.05) is 6.54 Å². The molecule has 2 rings (SSSR count). The highest BCUT2D eigenvalue weighted by atomic mass is 16.5. The SMILES string of the molecule is CC(O)(CNC(=O)Cc1noc2ccccc12)CC(=O)O. The van der Waals surface area contributed by atoms with Gasteiger partial charge in [-0.05, 0) is 19.1 Å². The summed E-state index contributed by atoms with van der Waals surface area (Å²) in [7, 11) is 0. The first-order valence-corrected chi connectivity index (χ1v) is 6.41. The van der Waals surface area contributed by atoms with Gasteiger partial charge in [0.2, 0.25) is 5.91 Å².